The standard InChI is InChI=1S/C21H16ClN5O2S2/c1-11-5-6-13(8-15(11)22)27-10-23-26-21(27)31-12(2)18-24-19(28)17-14(9-30-20(17)25-18)16-4-3-7-29-16/h3-10,12H,1-2H3,(H,24,25,28). The van der Waals surface area contributed by atoms with Gasteiger partial charge in [0.05, 0.1) is 22.6 Å². The highest BCUT2D eigenvalue weighted by atomic mass is 35.5. The van der Waals surface area contributed by atoms with E-state index in [2.05, 4.69) is 15.2 Å². The van der Waals surface area contributed by atoms with E-state index in [4.69, 9.17) is 21.0 Å². The largest absolute Gasteiger partial charge is 0.464 e. The van der Waals surface area contributed by atoms with Crippen molar-refractivity contribution < 1.29 is 4.42 Å². The summed E-state index contributed by atoms with van der Waals surface area (Å²) in [7, 11) is 0. The number of hydrogen-bond acceptors (Lipinski definition) is 7. The van der Waals surface area contributed by atoms with E-state index in [9.17, 15) is 4.79 Å². The first-order valence-electron chi connectivity index (χ1n) is 9.40. The van der Waals surface area contributed by atoms with Crippen molar-refractivity contribution in [3.8, 4) is 17.0 Å². The normalized spacial score (nSPS) is 12.5. The lowest BCUT2D eigenvalue weighted by Crippen LogP contribution is -2.12. The summed E-state index contributed by atoms with van der Waals surface area (Å²) in [6, 6.07) is 9.43. The minimum absolute atomic E-state index is 0.157. The monoisotopic (exact) mass is 469 g/mol. The van der Waals surface area contributed by atoms with E-state index in [0.717, 1.165) is 16.8 Å². The Morgan fingerprint density at radius 3 is 2.97 bits per heavy atom. The Kier molecular flexibility index (Phi) is 5.17. The lowest BCUT2D eigenvalue weighted by atomic mass is 10.2. The van der Waals surface area contributed by atoms with Crippen LogP contribution in [0.1, 0.15) is 23.6 Å². The molecule has 1 unspecified atom stereocenters. The Hall–Kier alpha value is -2.88. The molecule has 0 aliphatic rings. The maximum atomic E-state index is 12.9. The van der Waals surface area contributed by atoms with Crippen LogP contribution < -0.4 is 5.56 Å². The number of H-pyrrole nitrogens is 1. The number of halogens is 1. The molecule has 0 fully saturated rings. The highest BCUT2D eigenvalue weighted by Gasteiger charge is 2.20. The molecule has 10 heteroatoms. The molecule has 1 N–H and O–H groups in total. The lowest BCUT2D eigenvalue weighted by Gasteiger charge is -2.12. The summed E-state index contributed by atoms with van der Waals surface area (Å²) in [4.78, 5) is 21.1. The summed E-state index contributed by atoms with van der Waals surface area (Å²) in [5.41, 5.74) is 2.43. The second-order valence-electron chi connectivity index (χ2n) is 6.94. The summed E-state index contributed by atoms with van der Waals surface area (Å²) in [6.07, 6.45) is 3.23. The van der Waals surface area contributed by atoms with Crippen molar-refractivity contribution in [2.45, 2.75) is 24.3 Å². The van der Waals surface area contributed by atoms with E-state index < -0.39 is 0 Å². The molecule has 156 valence electrons. The van der Waals surface area contributed by atoms with Gasteiger partial charge in [0.25, 0.3) is 5.56 Å². The SMILES string of the molecule is Cc1ccc(-n2cnnc2SC(C)c2nc3scc(-c4ccco4)c3c(=O)[nH]2)cc1Cl. The predicted molar refractivity (Wildman–Crippen MR) is 123 cm³/mol. The summed E-state index contributed by atoms with van der Waals surface area (Å²) in [5, 5.41) is 11.9. The Labute approximate surface area is 190 Å². The molecule has 4 heterocycles. The number of nitrogens with one attached hydrogen (secondary N) is 1. The second-order valence-corrected chi connectivity index (χ2v) is 9.51. The van der Waals surface area contributed by atoms with Crippen LogP contribution in [0, 0.1) is 6.92 Å². The lowest BCUT2D eigenvalue weighted by molar-refractivity contribution is 0.583. The second kappa shape index (κ2) is 7.99. The quantitative estimate of drug-likeness (QED) is 0.335. The number of fused-ring (bicyclic) bond motifs is 1. The number of hydrogen-bond donors (Lipinski definition) is 1. The summed E-state index contributed by atoms with van der Waals surface area (Å²) < 4.78 is 7.32. The third kappa shape index (κ3) is 3.69. The van der Waals surface area contributed by atoms with E-state index in [0.29, 0.717) is 32.0 Å². The number of furan rings is 1. The average Bonchev–Trinajstić information content (AvgIpc) is 3.50. The summed E-state index contributed by atoms with van der Waals surface area (Å²) in [5.74, 6) is 1.23. The Morgan fingerprint density at radius 1 is 1.32 bits per heavy atom. The molecule has 5 rings (SSSR count). The first kappa shape index (κ1) is 20.0. The minimum Gasteiger partial charge on any atom is -0.464 e. The van der Waals surface area contributed by atoms with Crippen LogP contribution in [0.2, 0.25) is 5.02 Å². The Balaban J connectivity index is 1.47. The molecule has 4 aromatic heterocycles. The van der Waals surface area contributed by atoms with E-state index in [1.165, 1.54) is 23.1 Å². The maximum absolute atomic E-state index is 12.9. The number of thiophene rings is 1. The first-order chi connectivity index (χ1) is 15.0. The van der Waals surface area contributed by atoms with Gasteiger partial charge in [0.1, 0.15) is 22.7 Å². The highest BCUT2D eigenvalue weighted by Crippen LogP contribution is 2.35. The number of benzene rings is 1. The van der Waals surface area contributed by atoms with E-state index >= 15 is 0 Å². The van der Waals surface area contributed by atoms with Crippen LogP contribution in [-0.4, -0.2) is 24.7 Å². The van der Waals surface area contributed by atoms with Crippen molar-refractivity contribution in [2.75, 3.05) is 0 Å². The van der Waals surface area contributed by atoms with Gasteiger partial charge in [-0.1, -0.05) is 29.4 Å². The molecule has 0 spiro atoms. The van der Waals surface area contributed by atoms with Crippen molar-refractivity contribution >= 4 is 44.9 Å². The zero-order valence-electron chi connectivity index (χ0n) is 16.5. The highest BCUT2D eigenvalue weighted by molar-refractivity contribution is 7.99. The van der Waals surface area contributed by atoms with Gasteiger partial charge in [-0.2, -0.15) is 0 Å². The molecule has 0 aliphatic carbocycles. The molecule has 0 saturated heterocycles. The molecule has 0 radical (unpaired) electrons. The van der Waals surface area contributed by atoms with Gasteiger partial charge in [0.2, 0.25) is 0 Å². The average molecular weight is 470 g/mol. The third-order valence-corrected chi connectivity index (χ3v) is 7.21. The molecular weight excluding hydrogens is 454 g/mol. The predicted octanol–water partition coefficient (Wildman–Crippen LogP) is 5.64. The van der Waals surface area contributed by atoms with E-state index in [1.807, 2.05) is 48.1 Å². The van der Waals surface area contributed by atoms with Crippen LogP contribution in [0.25, 0.3) is 27.2 Å². The zero-order chi connectivity index (χ0) is 21.5. The minimum atomic E-state index is -0.188. The molecule has 31 heavy (non-hydrogen) atoms. The van der Waals surface area contributed by atoms with Crippen molar-refractivity contribution in [3.05, 3.63) is 75.1 Å². The fraction of sp³-hybridized carbons (Fsp3) is 0.143. The zero-order valence-corrected chi connectivity index (χ0v) is 18.9. The molecule has 5 aromatic rings. The molecule has 0 saturated carbocycles. The molecule has 7 nitrogen and oxygen atoms in total. The van der Waals surface area contributed by atoms with Crippen molar-refractivity contribution in [1.82, 2.24) is 24.7 Å². The number of rotatable bonds is 5. The number of nitrogens with zero attached hydrogens (tertiary/aromatic N) is 4. The van der Waals surface area contributed by atoms with Crippen LogP contribution in [0.5, 0.6) is 0 Å². The van der Waals surface area contributed by atoms with Crippen molar-refractivity contribution in [1.29, 1.82) is 0 Å². The Morgan fingerprint density at radius 2 is 2.19 bits per heavy atom. The Bertz CT molecular complexity index is 1440. The first-order valence-corrected chi connectivity index (χ1v) is 11.5. The van der Waals surface area contributed by atoms with Gasteiger partial charge in [0, 0.05) is 16.0 Å². The van der Waals surface area contributed by atoms with Gasteiger partial charge in [0.15, 0.2) is 5.16 Å². The van der Waals surface area contributed by atoms with Gasteiger partial charge >= 0.3 is 0 Å². The summed E-state index contributed by atoms with van der Waals surface area (Å²) >= 11 is 9.16. The van der Waals surface area contributed by atoms with Gasteiger partial charge in [-0.3, -0.25) is 9.36 Å². The number of thioether (sulfide) groups is 1. The summed E-state index contributed by atoms with van der Waals surface area (Å²) in [6.45, 7) is 3.92. The fourth-order valence-corrected chi connectivity index (χ4v) is 5.21. The van der Waals surface area contributed by atoms with Gasteiger partial charge in [-0.25, -0.2) is 4.98 Å². The number of aromatic amines is 1. The van der Waals surface area contributed by atoms with Gasteiger partial charge in [-0.05, 0) is 43.7 Å². The molecule has 0 bridgehead atoms. The van der Waals surface area contributed by atoms with E-state index in [-0.39, 0.29) is 10.8 Å². The maximum Gasteiger partial charge on any atom is 0.260 e. The van der Waals surface area contributed by atoms with Crippen molar-refractivity contribution in [2.24, 2.45) is 0 Å². The third-order valence-electron chi connectivity index (χ3n) is 4.87. The van der Waals surface area contributed by atoms with Crippen LogP contribution >= 0.6 is 34.7 Å². The smallest absolute Gasteiger partial charge is 0.260 e. The van der Waals surface area contributed by atoms with Gasteiger partial charge in [-0.15, -0.1) is 21.5 Å². The molecular formula is C21H16ClN5O2S2. The molecule has 1 aromatic carbocycles. The van der Waals surface area contributed by atoms with Crippen LogP contribution in [0.4, 0.5) is 0 Å². The number of aryl methyl sites for hydroxylation is 1. The van der Waals surface area contributed by atoms with Crippen LogP contribution in [-0.2, 0) is 0 Å². The van der Waals surface area contributed by atoms with Gasteiger partial charge < -0.3 is 9.40 Å². The molecule has 1 atom stereocenters. The number of aromatic nitrogens is 5. The molecule has 0 aliphatic heterocycles. The van der Waals surface area contributed by atoms with Crippen LogP contribution in [0.3, 0.4) is 0 Å². The molecule has 0 amide bonds. The fourth-order valence-electron chi connectivity index (χ4n) is 3.20. The van der Waals surface area contributed by atoms with E-state index in [1.54, 1.807) is 18.7 Å². The van der Waals surface area contributed by atoms with Crippen LogP contribution in [0.15, 0.2) is 62.7 Å². The topological polar surface area (TPSA) is 89.6 Å². The van der Waals surface area contributed by atoms with Crippen molar-refractivity contribution in [3.63, 3.8) is 0 Å².